The molecule has 1 rings (SSSR count). The first-order valence-corrected chi connectivity index (χ1v) is 4.44. The summed E-state index contributed by atoms with van der Waals surface area (Å²) < 4.78 is 4.78. The predicted molar refractivity (Wildman–Crippen MR) is 54.1 cm³/mol. The molecule has 0 aliphatic heterocycles. The molecule has 0 aliphatic carbocycles. The minimum atomic E-state index is -1.26. The van der Waals surface area contributed by atoms with Gasteiger partial charge in [-0.05, 0) is 6.92 Å². The zero-order valence-electron chi connectivity index (χ0n) is 8.80. The third-order valence-corrected chi connectivity index (χ3v) is 1.87. The maximum Gasteiger partial charge on any atom is 0.358 e. The van der Waals surface area contributed by atoms with Crippen molar-refractivity contribution in [2.24, 2.45) is 0 Å². The zero-order chi connectivity index (χ0) is 12.1. The van der Waals surface area contributed by atoms with Gasteiger partial charge in [-0.2, -0.15) is 0 Å². The van der Waals surface area contributed by atoms with Gasteiger partial charge in [0.1, 0.15) is 6.10 Å². The molecule has 1 amide bonds. The molecule has 1 aromatic heterocycles. The number of rotatable bonds is 4. The first-order chi connectivity index (χ1) is 7.56. The number of amides is 1. The van der Waals surface area contributed by atoms with Crippen LogP contribution in [0.3, 0.4) is 0 Å². The van der Waals surface area contributed by atoms with Crippen LogP contribution in [0.5, 0.6) is 0 Å². The van der Waals surface area contributed by atoms with E-state index in [9.17, 15) is 9.59 Å². The van der Waals surface area contributed by atoms with Crippen LogP contribution in [0.1, 0.15) is 17.4 Å². The summed E-state index contributed by atoms with van der Waals surface area (Å²) in [5, 5.41) is 11.1. The van der Waals surface area contributed by atoms with E-state index in [0.717, 1.165) is 0 Å². The van der Waals surface area contributed by atoms with E-state index in [1.165, 1.54) is 26.4 Å². The number of nitrogens with zero attached hydrogens (tertiary/aromatic N) is 2. The topological polar surface area (TPSA) is 101 Å². The Kier molecular flexibility index (Phi) is 3.90. The SMILES string of the molecule is COC(C)C(=O)Nc1nccnc1C(=O)O. The van der Waals surface area contributed by atoms with Crippen LogP contribution >= 0.6 is 0 Å². The Morgan fingerprint density at radius 3 is 2.62 bits per heavy atom. The lowest BCUT2D eigenvalue weighted by molar-refractivity contribution is -0.124. The van der Waals surface area contributed by atoms with Gasteiger partial charge in [-0.15, -0.1) is 0 Å². The van der Waals surface area contributed by atoms with Gasteiger partial charge in [0, 0.05) is 19.5 Å². The molecule has 1 atom stereocenters. The van der Waals surface area contributed by atoms with Crippen LogP contribution in [0, 0.1) is 0 Å². The van der Waals surface area contributed by atoms with E-state index in [0.29, 0.717) is 0 Å². The Morgan fingerprint density at radius 2 is 2.06 bits per heavy atom. The number of aromatic nitrogens is 2. The minimum Gasteiger partial charge on any atom is -0.476 e. The molecule has 0 fully saturated rings. The average molecular weight is 225 g/mol. The van der Waals surface area contributed by atoms with E-state index >= 15 is 0 Å². The highest BCUT2D eigenvalue weighted by molar-refractivity contribution is 5.99. The van der Waals surface area contributed by atoms with Crippen LogP contribution in [0.2, 0.25) is 0 Å². The third kappa shape index (κ3) is 2.74. The Morgan fingerprint density at radius 1 is 1.44 bits per heavy atom. The van der Waals surface area contributed by atoms with Crippen LogP contribution in [-0.2, 0) is 9.53 Å². The number of carboxylic acid groups (broad SMARTS) is 1. The van der Waals surface area contributed by atoms with Crippen LogP contribution in [-0.4, -0.2) is 40.2 Å². The Hall–Kier alpha value is -2.02. The van der Waals surface area contributed by atoms with Gasteiger partial charge in [0.25, 0.3) is 5.91 Å². The molecular weight excluding hydrogens is 214 g/mol. The van der Waals surface area contributed by atoms with Gasteiger partial charge in [0.2, 0.25) is 0 Å². The lowest BCUT2D eigenvalue weighted by atomic mass is 10.3. The van der Waals surface area contributed by atoms with Gasteiger partial charge in [-0.1, -0.05) is 0 Å². The van der Waals surface area contributed by atoms with Crippen LogP contribution in [0.4, 0.5) is 5.82 Å². The van der Waals surface area contributed by atoms with Gasteiger partial charge in [-0.25, -0.2) is 14.8 Å². The molecule has 0 saturated heterocycles. The average Bonchev–Trinajstić information content (AvgIpc) is 2.28. The standard InChI is InChI=1S/C9H11N3O4/c1-5(16-2)8(13)12-7-6(9(14)15)10-3-4-11-7/h3-5H,1-2H3,(H,14,15)(H,11,12,13). The molecule has 1 unspecified atom stereocenters. The zero-order valence-corrected chi connectivity index (χ0v) is 8.80. The Balaban J connectivity index is 2.89. The van der Waals surface area contributed by atoms with Crippen molar-refractivity contribution in [3.8, 4) is 0 Å². The summed E-state index contributed by atoms with van der Waals surface area (Å²) in [6.45, 7) is 1.53. The van der Waals surface area contributed by atoms with E-state index < -0.39 is 18.0 Å². The summed E-state index contributed by atoms with van der Waals surface area (Å²) in [6.07, 6.45) is 1.84. The molecule has 0 radical (unpaired) electrons. The number of carbonyl (C=O) groups excluding carboxylic acids is 1. The van der Waals surface area contributed by atoms with Gasteiger partial charge in [0.15, 0.2) is 11.5 Å². The molecule has 2 N–H and O–H groups in total. The smallest absolute Gasteiger partial charge is 0.358 e. The Labute approximate surface area is 91.5 Å². The Bertz CT molecular complexity index is 407. The van der Waals surface area contributed by atoms with Crippen LogP contribution < -0.4 is 5.32 Å². The monoisotopic (exact) mass is 225 g/mol. The van der Waals surface area contributed by atoms with Crippen molar-refractivity contribution in [2.75, 3.05) is 12.4 Å². The van der Waals surface area contributed by atoms with Crippen molar-refractivity contribution in [2.45, 2.75) is 13.0 Å². The molecule has 1 aromatic rings. The second-order valence-corrected chi connectivity index (χ2v) is 2.93. The minimum absolute atomic E-state index is 0.0936. The summed E-state index contributed by atoms with van der Waals surface area (Å²) in [7, 11) is 1.37. The first kappa shape index (κ1) is 12.1. The number of hydrogen-bond acceptors (Lipinski definition) is 5. The fourth-order valence-corrected chi connectivity index (χ4v) is 0.911. The molecule has 16 heavy (non-hydrogen) atoms. The highest BCUT2D eigenvalue weighted by Crippen LogP contribution is 2.08. The largest absolute Gasteiger partial charge is 0.476 e. The number of carbonyl (C=O) groups is 2. The molecule has 0 bridgehead atoms. The van der Waals surface area contributed by atoms with E-state index in [2.05, 4.69) is 15.3 Å². The number of nitrogens with one attached hydrogen (secondary N) is 1. The van der Waals surface area contributed by atoms with E-state index in [1.54, 1.807) is 0 Å². The second kappa shape index (κ2) is 5.17. The van der Waals surface area contributed by atoms with Crippen molar-refractivity contribution < 1.29 is 19.4 Å². The molecule has 0 aromatic carbocycles. The summed E-state index contributed by atoms with van der Waals surface area (Å²) in [6, 6.07) is 0. The lowest BCUT2D eigenvalue weighted by Crippen LogP contribution is -2.28. The maximum absolute atomic E-state index is 11.4. The molecule has 0 spiro atoms. The first-order valence-electron chi connectivity index (χ1n) is 4.44. The van der Waals surface area contributed by atoms with Gasteiger partial charge in [-0.3, -0.25) is 4.79 Å². The molecule has 0 saturated carbocycles. The number of methoxy groups -OCH3 is 1. The molecule has 1 heterocycles. The van der Waals surface area contributed by atoms with Crippen molar-refractivity contribution >= 4 is 17.7 Å². The van der Waals surface area contributed by atoms with Crippen molar-refractivity contribution in [1.29, 1.82) is 0 Å². The van der Waals surface area contributed by atoms with Gasteiger partial charge in [0.05, 0.1) is 0 Å². The fraction of sp³-hybridized carbons (Fsp3) is 0.333. The van der Waals surface area contributed by atoms with E-state index in [-0.39, 0.29) is 11.5 Å². The second-order valence-electron chi connectivity index (χ2n) is 2.93. The molecule has 0 aliphatic rings. The summed E-state index contributed by atoms with van der Waals surface area (Å²) >= 11 is 0. The van der Waals surface area contributed by atoms with E-state index in [4.69, 9.17) is 9.84 Å². The van der Waals surface area contributed by atoms with Gasteiger partial charge < -0.3 is 15.2 Å². The number of carboxylic acids is 1. The third-order valence-electron chi connectivity index (χ3n) is 1.87. The normalized spacial score (nSPS) is 11.9. The van der Waals surface area contributed by atoms with Crippen molar-refractivity contribution in [1.82, 2.24) is 9.97 Å². The molecule has 7 nitrogen and oxygen atoms in total. The summed E-state index contributed by atoms with van der Waals surface area (Å²) in [5.41, 5.74) is -0.306. The predicted octanol–water partition coefficient (Wildman–Crippen LogP) is 0.148. The quantitative estimate of drug-likeness (QED) is 0.756. The van der Waals surface area contributed by atoms with Crippen molar-refractivity contribution in [3.63, 3.8) is 0 Å². The summed E-state index contributed by atoms with van der Waals surface area (Å²) in [5.74, 6) is -1.83. The van der Waals surface area contributed by atoms with Crippen LogP contribution in [0.15, 0.2) is 12.4 Å². The molecule has 86 valence electrons. The number of anilines is 1. The number of ether oxygens (including phenoxy) is 1. The fourth-order valence-electron chi connectivity index (χ4n) is 0.911. The van der Waals surface area contributed by atoms with E-state index in [1.807, 2.05) is 0 Å². The number of aromatic carboxylic acids is 1. The van der Waals surface area contributed by atoms with Crippen molar-refractivity contribution in [3.05, 3.63) is 18.1 Å². The lowest BCUT2D eigenvalue weighted by Gasteiger charge is -2.10. The highest BCUT2D eigenvalue weighted by atomic mass is 16.5. The maximum atomic E-state index is 11.4. The van der Waals surface area contributed by atoms with Gasteiger partial charge >= 0.3 is 5.97 Å². The molecule has 7 heteroatoms. The number of hydrogen-bond donors (Lipinski definition) is 2. The summed E-state index contributed by atoms with van der Waals surface area (Å²) in [4.78, 5) is 29.5. The molecular formula is C9H11N3O4. The van der Waals surface area contributed by atoms with Crippen LogP contribution in [0.25, 0.3) is 0 Å². The highest BCUT2D eigenvalue weighted by Gasteiger charge is 2.18.